The summed E-state index contributed by atoms with van der Waals surface area (Å²) >= 11 is 0. The zero-order valence-electron chi connectivity index (χ0n) is 12.3. The number of hydrogen-bond acceptors (Lipinski definition) is 5. The molecule has 1 aliphatic rings. The largest absolute Gasteiger partial charge is 0.407 e. The monoisotopic (exact) mass is 306 g/mol. The number of nitrogens with one attached hydrogen (secondary N) is 1. The first kappa shape index (κ1) is 16.1. The topological polar surface area (TPSA) is 54.2 Å². The van der Waals surface area contributed by atoms with Gasteiger partial charge in [-0.15, -0.1) is 5.10 Å². The first-order valence-corrected chi connectivity index (χ1v) is 7.21. The molecule has 1 aromatic heterocycles. The summed E-state index contributed by atoms with van der Waals surface area (Å²) in [5.41, 5.74) is 0. The molecule has 1 atom stereocenters. The highest BCUT2D eigenvalue weighted by Crippen LogP contribution is 2.34. The van der Waals surface area contributed by atoms with Crippen molar-refractivity contribution in [3.63, 3.8) is 0 Å². The van der Waals surface area contributed by atoms with Crippen molar-refractivity contribution in [2.24, 2.45) is 11.8 Å². The fourth-order valence-electron chi connectivity index (χ4n) is 2.33. The number of hydrogen-bond donors (Lipinski definition) is 1. The maximum absolute atomic E-state index is 12.8. The number of nitrogens with zero attached hydrogens (tertiary/aromatic N) is 3. The Morgan fingerprint density at radius 1 is 1.38 bits per heavy atom. The first-order chi connectivity index (χ1) is 9.86. The van der Waals surface area contributed by atoms with Gasteiger partial charge in [-0.05, 0) is 25.3 Å². The van der Waals surface area contributed by atoms with Crippen LogP contribution in [-0.2, 0) is 6.54 Å². The highest BCUT2D eigenvalue weighted by atomic mass is 19.4. The van der Waals surface area contributed by atoms with Gasteiger partial charge in [-0.25, -0.2) is 0 Å². The van der Waals surface area contributed by atoms with Crippen molar-refractivity contribution in [1.82, 2.24) is 15.5 Å². The van der Waals surface area contributed by atoms with E-state index in [1.54, 1.807) is 0 Å². The minimum absolute atomic E-state index is 0.107. The van der Waals surface area contributed by atoms with Gasteiger partial charge in [0.15, 0.2) is 0 Å². The van der Waals surface area contributed by atoms with Gasteiger partial charge in [0.05, 0.1) is 12.5 Å². The molecule has 0 aliphatic carbocycles. The van der Waals surface area contributed by atoms with E-state index >= 15 is 0 Å². The fraction of sp³-hybridized carbons (Fsp3) is 0.846. The minimum atomic E-state index is -4.17. The third-order valence-corrected chi connectivity index (χ3v) is 3.44. The van der Waals surface area contributed by atoms with Crippen molar-refractivity contribution in [3.05, 3.63) is 5.89 Å². The average Bonchev–Trinajstić information content (AvgIpc) is 2.86. The molecule has 1 saturated heterocycles. The van der Waals surface area contributed by atoms with Crippen LogP contribution < -0.4 is 10.2 Å². The van der Waals surface area contributed by atoms with E-state index in [1.165, 1.54) is 4.90 Å². The average molecular weight is 306 g/mol. The molecule has 0 aromatic carbocycles. The molecule has 1 aliphatic heterocycles. The molecule has 1 N–H and O–H groups in total. The minimum Gasteiger partial charge on any atom is -0.407 e. The summed E-state index contributed by atoms with van der Waals surface area (Å²) in [6.45, 7) is 5.83. The molecule has 0 spiro atoms. The van der Waals surface area contributed by atoms with Crippen LogP contribution in [0.1, 0.15) is 32.6 Å². The molecule has 1 fully saturated rings. The van der Waals surface area contributed by atoms with Crippen molar-refractivity contribution >= 4 is 6.01 Å². The van der Waals surface area contributed by atoms with Gasteiger partial charge >= 0.3 is 12.2 Å². The molecule has 5 nitrogen and oxygen atoms in total. The Kier molecular flexibility index (Phi) is 5.08. The van der Waals surface area contributed by atoms with Crippen molar-refractivity contribution in [2.75, 3.05) is 24.5 Å². The van der Waals surface area contributed by atoms with Crippen molar-refractivity contribution in [2.45, 2.75) is 39.4 Å². The second-order valence-electron chi connectivity index (χ2n) is 5.83. The first-order valence-electron chi connectivity index (χ1n) is 7.21. The molecule has 8 heteroatoms. The van der Waals surface area contributed by atoms with E-state index in [4.69, 9.17) is 4.42 Å². The van der Waals surface area contributed by atoms with Crippen LogP contribution in [0.4, 0.5) is 19.2 Å². The summed E-state index contributed by atoms with van der Waals surface area (Å²) in [6, 6.07) is 0.185. The molecule has 1 aromatic rings. The Balaban J connectivity index is 1.91. The molecule has 0 saturated carbocycles. The highest BCUT2D eigenvalue weighted by Gasteiger charge is 2.42. The lowest BCUT2D eigenvalue weighted by atomic mass is 9.98. The van der Waals surface area contributed by atoms with Crippen LogP contribution in [0.2, 0.25) is 0 Å². The molecule has 2 heterocycles. The van der Waals surface area contributed by atoms with Gasteiger partial charge < -0.3 is 14.6 Å². The van der Waals surface area contributed by atoms with E-state index < -0.39 is 12.1 Å². The predicted octanol–water partition coefficient (Wildman–Crippen LogP) is 2.59. The highest BCUT2D eigenvalue weighted by molar-refractivity contribution is 5.25. The zero-order chi connectivity index (χ0) is 15.5. The Morgan fingerprint density at radius 2 is 2.14 bits per heavy atom. The fourth-order valence-corrected chi connectivity index (χ4v) is 2.33. The molecule has 0 bridgehead atoms. The number of rotatable bonds is 5. The quantitative estimate of drug-likeness (QED) is 0.906. The lowest BCUT2D eigenvalue weighted by molar-refractivity contribution is -0.176. The molecular weight excluding hydrogens is 285 g/mol. The van der Waals surface area contributed by atoms with Crippen molar-refractivity contribution < 1.29 is 17.6 Å². The zero-order valence-corrected chi connectivity index (χ0v) is 12.3. The van der Waals surface area contributed by atoms with E-state index in [2.05, 4.69) is 29.4 Å². The molecule has 2 rings (SSSR count). The second-order valence-corrected chi connectivity index (χ2v) is 5.83. The van der Waals surface area contributed by atoms with Gasteiger partial charge in [-0.2, -0.15) is 13.2 Å². The Morgan fingerprint density at radius 3 is 2.81 bits per heavy atom. The van der Waals surface area contributed by atoms with E-state index in [1.807, 2.05) is 0 Å². The van der Waals surface area contributed by atoms with Crippen LogP contribution in [-0.4, -0.2) is 36.0 Å². The van der Waals surface area contributed by atoms with Gasteiger partial charge in [0.2, 0.25) is 5.89 Å². The van der Waals surface area contributed by atoms with Crippen LogP contribution in [0.3, 0.4) is 0 Å². The molecule has 1 unspecified atom stereocenters. The van der Waals surface area contributed by atoms with Crippen LogP contribution in [0.15, 0.2) is 4.42 Å². The second kappa shape index (κ2) is 6.64. The summed E-state index contributed by atoms with van der Waals surface area (Å²) < 4.78 is 43.8. The molecular formula is C13H21F3N4O. The third kappa shape index (κ3) is 4.59. The van der Waals surface area contributed by atoms with E-state index in [9.17, 15) is 13.2 Å². The number of halogens is 3. The maximum atomic E-state index is 12.8. The summed E-state index contributed by atoms with van der Waals surface area (Å²) in [5, 5.41) is 10.9. The van der Waals surface area contributed by atoms with Crippen LogP contribution >= 0.6 is 0 Å². The van der Waals surface area contributed by atoms with E-state index in [-0.39, 0.29) is 19.0 Å². The summed E-state index contributed by atoms with van der Waals surface area (Å²) in [7, 11) is 0. The number of alkyl halides is 3. The third-order valence-electron chi connectivity index (χ3n) is 3.44. The number of piperidine rings is 1. The lowest BCUT2D eigenvalue weighted by Gasteiger charge is -2.32. The van der Waals surface area contributed by atoms with Gasteiger partial charge in [0.25, 0.3) is 0 Å². The maximum Gasteiger partial charge on any atom is 0.393 e. The Bertz CT molecular complexity index is 447. The van der Waals surface area contributed by atoms with Crippen molar-refractivity contribution in [3.8, 4) is 0 Å². The predicted molar refractivity (Wildman–Crippen MR) is 71.8 cm³/mol. The standard InChI is InChI=1S/C13H21F3N4O/c1-9(2)6-17-7-11-18-19-12(21-11)20-5-3-4-10(8-20)13(14,15)16/h9-10,17H,3-8H2,1-2H3. The molecule has 0 amide bonds. The Hall–Kier alpha value is -1.31. The molecule has 21 heavy (non-hydrogen) atoms. The van der Waals surface area contributed by atoms with Gasteiger partial charge in [-0.3, -0.25) is 0 Å². The Labute approximate surface area is 121 Å². The van der Waals surface area contributed by atoms with Gasteiger partial charge in [0.1, 0.15) is 0 Å². The molecule has 120 valence electrons. The summed E-state index contributed by atoms with van der Waals surface area (Å²) in [6.07, 6.45) is -3.52. The summed E-state index contributed by atoms with van der Waals surface area (Å²) in [5.74, 6) is -0.414. The van der Waals surface area contributed by atoms with Crippen molar-refractivity contribution in [1.29, 1.82) is 0 Å². The van der Waals surface area contributed by atoms with E-state index in [0.29, 0.717) is 31.3 Å². The lowest BCUT2D eigenvalue weighted by Crippen LogP contribution is -2.41. The van der Waals surface area contributed by atoms with Crippen LogP contribution in [0, 0.1) is 11.8 Å². The number of aromatic nitrogens is 2. The van der Waals surface area contributed by atoms with E-state index in [0.717, 1.165) is 6.54 Å². The van der Waals surface area contributed by atoms with Crippen LogP contribution in [0.25, 0.3) is 0 Å². The number of anilines is 1. The molecule has 0 radical (unpaired) electrons. The SMILES string of the molecule is CC(C)CNCc1nnc(N2CCCC(C(F)(F)F)C2)o1. The smallest absolute Gasteiger partial charge is 0.393 e. The summed E-state index contributed by atoms with van der Waals surface area (Å²) in [4.78, 5) is 1.53. The van der Waals surface area contributed by atoms with Crippen LogP contribution in [0.5, 0.6) is 0 Å². The van der Waals surface area contributed by atoms with Gasteiger partial charge in [-0.1, -0.05) is 18.9 Å². The normalized spacial score (nSPS) is 20.3. The van der Waals surface area contributed by atoms with Gasteiger partial charge in [0, 0.05) is 13.1 Å².